The van der Waals surface area contributed by atoms with Crippen LogP contribution in [0.3, 0.4) is 0 Å². The van der Waals surface area contributed by atoms with Gasteiger partial charge in [0, 0.05) is 29.8 Å². The summed E-state index contributed by atoms with van der Waals surface area (Å²) < 4.78 is 0. The number of aryl methyl sites for hydroxylation is 1. The van der Waals surface area contributed by atoms with Crippen molar-refractivity contribution < 1.29 is 0 Å². The third kappa shape index (κ3) is 2.69. The molecule has 0 bridgehead atoms. The molecule has 1 atom stereocenters. The third-order valence-electron chi connectivity index (χ3n) is 3.11. The summed E-state index contributed by atoms with van der Waals surface area (Å²) in [6.45, 7) is 7.54. The van der Waals surface area contributed by atoms with Gasteiger partial charge < -0.3 is 10.2 Å². The van der Waals surface area contributed by atoms with Crippen LogP contribution in [0.5, 0.6) is 0 Å². The molecule has 1 aromatic rings. The van der Waals surface area contributed by atoms with Gasteiger partial charge in [0.15, 0.2) is 0 Å². The number of hydrogen-bond acceptors (Lipinski definition) is 2. The first-order valence-electron chi connectivity index (χ1n) is 5.91. The predicted octanol–water partition coefficient (Wildman–Crippen LogP) is 2.84. The highest BCUT2D eigenvalue weighted by Gasteiger charge is 2.14. The fourth-order valence-corrected chi connectivity index (χ4v) is 2.29. The number of nitrogens with one attached hydrogen (secondary N) is 1. The van der Waals surface area contributed by atoms with E-state index in [4.69, 9.17) is 11.6 Å². The van der Waals surface area contributed by atoms with Crippen molar-refractivity contribution in [2.24, 2.45) is 0 Å². The van der Waals surface area contributed by atoms with Gasteiger partial charge in [-0.3, -0.25) is 0 Å². The van der Waals surface area contributed by atoms with E-state index in [9.17, 15) is 0 Å². The highest BCUT2D eigenvalue weighted by molar-refractivity contribution is 6.31. The standard InChI is InChI=1S/C13H19ClN2/c1-10-4-5-12(8-13(10)14)16-7-3-6-15-11(2)9-16/h4-5,8,11,15H,3,6-7,9H2,1-2H3. The number of halogens is 1. The van der Waals surface area contributed by atoms with Crippen molar-refractivity contribution in [3.8, 4) is 0 Å². The number of anilines is 1. The van der Waals surface area contributed by atoms with E-state index in [1.54, 1.807) is 0 Å². The Morgan fingerprint density at radius 1 is 1.44 bits per heavy atom. The lowest BCUT2D eigenvalue weighted by molar-refractivity contribution is 0.585. The Morgan fingerprint density at radius 2 is 2.25 bits per heavy atom. The largest absolute Gasteiger partial charge is 0.370 e. The molecule has 1 aliphatic heterocycles. The fraction of sp³-hybridized carbons (Fsp3) is 0.538. The van der Waals surface area contributed by atoms with Gasteiger partial charge in [-0.05, 0) is 44.5 Å². The van der Waals surface area contributed by atoms with E-state index < -0.39 is 0 Å². The summed E-state index contributed by atoms with van der Waals surface area (Å²) in [7, 11) is 0. The van der Waals surface area contributed by atoms with Crippen molar-refractivity contribution in [1.29, 1.82) is 0 Å². The maximum Gasteiger partial charge on any atom is 0.0455 e. The fourth-order valence-electron chi connectivity index (χ4n) is 2.12. The summed E-state index contributed by atoms with van der Waals surface area (Å²) in [6.07, 6.45) is 1.19. The molecule has 0 radical (unpaired) electrons. The minimum atomic E-state index is 0.544. The van der Waals surface area contributed by atoms with Crippen molar-refractivity contribution in [2.45, 2.75) is 26.3 Å². The Balaban J connectivity index is 2.18. The van der Waals surface area contributed by atoms with Gasteiger partial charge in [-0.25, -0.2) is 0 Å². The number of rotatable bonds is 1. The van der Waals surface area contributed by atoms with Crippen molar-refractivity contribution in [3.05, 3.63) is 28.8 Å². The number of nitrogens with zero attached hydrogens (tertiary/aromatic N) is 1. The molecular weight excluding hydrogens is 220 g/mol. The highest BCUT2D eigenvalue weighted by atomic mass is 35.5. The zero-order chi connectivity index (χ0) is 11.5. The summed E-state index contributed by atoms with van der Waals surface area (Å²) in [4.78, 5) is 2.41. The zero-order valence-corrected chi connectivity index (χ0v) is 10.7. The lowest BCUT2D eigenvalue weighted by Crippen LogP contribution is -2.35. The molecule has 1 unspecified atom stereocenters. The second-order valence-electron chi connectivity index (χ2n) is 4.59. The molecule has 0 spiro atoms. The number of hydrogen-bond donors (Lipinski definition) is 1. The molecule has 3 heteroatoms. The predicted molar refractivity (Wildman–Crippen MR) is 70.5 cm³/mol. The van der Waals surface area contributed by atoms with Crippen LogP contribution in [0.2, 0.25) is 5.02 Å². The maximum atomic E-state index is 6.17. The van der Waals surface area contributed by atoms with Gasteiger partial charge >= 0.3 is 0 Å². The minimum absolute atomic E-state index is 0.544. The molecule has 1 fully saturated rings. The molecule has 0 saturated carbocycles. The van der Waals surface area contributed by atoms with Crippen LogP contribution in [-0.4, -0.2) is 25.7 Å². The molecule has 0 aliphatic carbocycles. The molecule has 1 heterocycles. The van der Waals surface area contributed by atoms with Gasteiger partial charge in [0.25, 0.3) is 0 Å². The van der Waals surface area contributed by atoms with Crippen molar-refractivity contribution in [2.75, 3.05) is 24.5 Å². The molecular formula is C13H19ClN2. The third-order valence-corrected chi connectivity index (χ3v) is 3.52. The van der Waals surface area contributed by atoms with Crippen LogP contribution >= 0.6 is 11.6 Å². The smallest absolute Gasteiger partial charge is 0.0455 e. The van der Waals surface area contributed by atoms with Crippen LogP contribution in [0.15, 0.2) is 18.2 Å². The van der Waals surface area contributed by atoms with Crippen LogP contribution in [0.4, 0.5) is 5.69 Å². The van der Waals surface area contributed by atoms with Crippen LogP contribution in [0, 0.1) is 6.92 Å². The lowest BCUT2D eigenvalue weighted by atomic mass is 10.2. The molecule has 1 aromatic carbocycles. The molecule has 0 aromatic heterocycles. The topological polar surface area (TPSA) is 15.3 Å². The maximum absolute atomic E-state index is 6.17. The summed E-state index contributed by atoms with van der Waals surface area (Å²) >= 11 is 6.17. The molecule has 2 nitrogen and oxygen atoms in total. The van der Waals surface area contributed by atoms with Gasteiger partial charge in [0.2, 0.25) is 0 Å². The Bertz CT molecular complexity index is 365. The Labute approximate surface area is 103 Å². The Kier molecular flexibility index (Phi) is 3.72. The first kappa shape index (κ1) is 11.7. The van der Waals surface area contributed by atoms with Crippen molar-refractivity contribution in [1.82, 2.24) is 5.32 Å². The first-order chi connectivity index (χ1) is 7.66. The number of benzene rings is 1. The molecule has 1 aliphatic rings. The van der Waals surface area contributed by atoms with E-state index in [1.165, 1.54) is 12.1 Å². The van der Waals surface area contributed by atoms with E-state index in [1.807, 2.05) is 6.92 Å². The quantitative estimate of drug-likeness (QED) is 0.810. The molecule has 0 amide bonds. The zero-order valence-electron chi connectivity index (χ0n) is 9.96. The van der Waals surface area contributed by atoms with Crippen molar-refractivity contribution in [3.63, 3.8) is 0 Å². The van der Waals surface area contributed by atoms with E-state index in [2.05, 4.69) is 35.3 Å². The molecule has 1 N–H and O–H groups in total. The van der Waals surface area contributed by atoms with E-state index in [0.29, 0.717) is 6.04 Å². The van der Waals surface area contributed by atoms with E-state index in [-0.39, 0.29) is 0 Å². The highest BCUT2D eigenvalue weighted by Crippen LogP contribution is 2.23. The van der Waals surface area contributed by atoms with E-state index in [0.717, 1.165) is 30.2 Å². The Hall–Kier alpha value is -0.730. The van der Waals surface area contributed by atoms with Crippen LogP contribution in [0.1, 0.15) is 18.9 Å². The minimum Gasteiger partial charge on any atom is -0.370 e. The summed E-state index contributed by atoms with van der Waals surface area (Å²) in [5.74, 6) is 0. The summed E-state index contributed by atoms with van der Waals surface area (Å²) in [5, 5.41) is 4.36. The first-order valence-corrected chi connectivity index (χ1v) is 6.29. The normalized spacial score (nSPS) is 21.9. The molecule has 16 heavy (non-hydrogen) atoms. The second-order valence-corrected chi connectivity index (χ2v) is 5.00. The molecule has 2 rings (SSSR count). The van der Waals surface area contributed by atoms with Gasteiger partial charge in [-0.15, -0.1) is 0 Å². The average Bonchev–Trinajstić information content (AvgIpc) is 2.47. The van der Waals surface area contributed by atoms with Crippen LogP contribution in [-0.2, 0) is 0 Å². The molecule has 1 saturated heterocycles. The average molecular weight is 239 g/mol. The van der Waals surface area contributed by atoms with Crippen LogP contribution < -0.4 is 10.2 Å². The van der Waals surface area contributed by atoms with Gasteiger partial charge in [-0.2, -0.15) is 0 Å². The van der Waals surface area contributed by atoms with Gasteiger partial charge in [-0.1, -0.05) is 17.7 Å². The van der Waals surface area contributed by atoms with E-state index >= 15 is 0 Å². The monoisotopic (exact) mass is 238 g/mol. The van der Waals surface area contributed by atoms with Crippen molar-refractivity contribution >= 4 is 17.3 Å². The van der Waals surface area contributed by atoms with Gasteiger partial charge in [0.05, 0.1) is 0 Å². The molecule has 88 valence electrons. The SMILES string of the molecule is Cc1ccc(N2CCCNC(C)C2)cc1Cl. The van der Waals surface area contributed by atoms with Gasteiger partial charge in [0.1, 0.15) is 0 Å². The summed E-state index contributed by atoms with van der Waals surface area (Å²) in [5.41, 5.74) is 2.39. The lowest BCUT2D eigenvalue weighted by Gasteiger charge is -2.25. The van der Waals surface area contributed by atoms with Crippen LogP contribution in [0.25, 0.3) is 0 Å². The summed E-state index contributed by atoms with van der Waals surface area (Å²) in [6, 6.07) is 6.89. The Morgan fingerprint density at radius 3 is 3.00 bits per heavy atom. The second kappa shape index (κ2) is 5.07.